The van der Waals surface area contributed by atoms with Gasteiger partial charge in [0, 0.05) is 18.4 Å². The standard InChI is InChI=1S/C16H14N2O2S.C8H8ClNO/c1-18(12-7-3-2-4-8-12)15(19)11-20-16-17-13-9-5-6-10-14(13)21-16;9-6-8(11)10-7-4-2-1-3-5-7/h2-10H,11H2,1H3;1-5H,6H2,(H,10,11). The Kier molecular flexibility index (Phi) is 8.60. The number of hydrogen-bond donors (Lipinski definition) is 1. The predicted molar refractivity (Wildman–Crippen MR) is 131 cm³/mol. The maximum absolute atomic E-state index is 12.1. The van der Waals surface area contributed by atoms with Crippen molar-refractivity contribution in [2.75, 3.05) is 29.8 Å². The minimum atomic E-state index is -0.183. The van der Waals surface area contributed by atoms with Crippen LogP contribution in [0, 0.1) is 0 Å². The largest absolute Gasteiger partial charge is 0.460 e. The number of para-hydroxylation sites is 3. The van der Waals surface area contributed by atoms with Crippen molar-refractivity contribution in [2.24, 2.45) is 0 Å². The van der Waals surface area contributed by atoms with Crippen molar-refractivity contribution in [1.82, 2.24) is 4.98 Å². The van der Waals surface area contributed by atoms with Crippen LogP contribution in [0.4, 0.5) is 11.4 Å². The smallest absolute Gasteiger partial charge is 0.274 e. The Hall–Kier alpha value is -3.42. The topological polar surface area (TPSA) is 71.5 Å². The fraction of sp³-hybridized carbons (Fsp3) is 0.125. The first kappa shape index (κ1) is 23.2. The maximum atomic E-state index is 12.1. The molecule has 0 radical (unpaired) electrons. The second-order valence-electron chi connectivity index (χ2n) is 6.57. The van der Waals surface area contributed by atoms with Crippen LogP contribution in [-0.2, 0) is 9.59 Å². The Morgan fingerprint density at radius 1 is 0.969 bits per heavy atom. The number of anilines is 2. The summed E-state index contributed by atoms with van der Waals surface area (Å²) < 4.78 is 6.56. The van der Waals surface area contributed by atoms with E-state index in [2.05, 4.69) is 10.3 Å². The predicted octanol–water partition coefficient (Wildman–Crippen LogP) is 5.20. The SMILES string of the molecule is CN(C(=O)COc1nc2ccccc2s1)c1ccccc1.O=C(CCl)Nc1ccccc1. The first-order valence-electron chi connectivity index (χ1n) is 9.77. The molecule has 164 valence electrons. The molecule has 0 atom stereocenters. The van der Waals surface area contributed by atoms with E-state index in [1.54, 1.807) is 11.9 Å². The van der Waals surface area contributed by atoms with Crippen molar-refractivity contribution in [3.63, 3.8) is 0 Å². The van der Waals surface area contributed by atoms with Crippen LogP contribution in [0.25, 0.3) is 10.2 Å². The first-order valence-corrected chi connectivity index (χ1v) is 11.1. The normalized spacial score (nSPS) is 10.1. The fourth-order valence-electron chi connectivity index (χ4n) is 2.64. The Bertz CT molecular complexity index is 1120. The zero-order valence-corrected chi connectivity index (χ0v) is 19.0. The molecule has 0 aliphatic rings. The van der Waals surface area contributed by atoms with Crippen LogP contribution >= 0.6 is 22.9 Å². The molecule has 4 aromatic rings. The number of rotatable bonds is 6. The van der Waals surface area contributed by atoms with Crippen LogP contribution < -0.4 is 15.0 Å². The summed E-state index contributed by atoms with van der Waals surface area (Å²) in [5, 5.41) is 3.14. The van der Waals surface area contributed by atoms with Gasteiger partial charge in [-0.05, 0) is 36.4 Å². The lowest BCUT2D eigenvalue weighted by molar-refractivity contribution is -0.120. The van der Waals surface area contributed by atoms with Gasteiger partial charge in [-0.2, -0.15) is 0 Å². The molecule has 1 N–H and O–H groups in total. The van der Waals surface area contributed by atoms with E-state index >= 15 is 0 Å². The zero-order valence-electron chi connectivity index (χ0n) is 17.4. The van der Waals surface area contributed by atoms with Gasteiger partial charge in [0.15, 0.2) is 6.61 Å². The van der Waals surface area contributed by atoms with E-state index in [-0.39, 0.29) is 24.3 Å². The highest BCUT2D eigenvalue weighted by atomic mass is 35.5. The van der Waals surface area contributed by atoms with Gasteiger partial charge in [-0.1, -0.05) is 59.9 Å². The monoisotopic (exact) mass is 467 g/mol. The third-order valence-corrected chi connectivity index (χ3v) is 5.48. The van der Waals surface area contributed by atoms with E-state index in [9.17, 15) is 9.59 Å². The van der Waals surface area contributed by atoms with Crippen molar-refractivity contribution in [1.29, 1.82) is 0 Å². The molecule has 0 aliphatic carbocycles. The second kappa shape index (κ2) is 11.8. The van der Waals surface area contributed by atoms with E-state index in [1.807, 2.05) is 84.9 Å². The lowest BCUT2D eigenvalue weighted by Crippen LogP contribution is -2.31. The van der Waals surface area contributed by atoms with Crippen LogP contribution in [0.1, 0.15) is 0 Å². The van der Waals surface area contributed by atoms with Crippen molar-refractivity contribution >= 4 is 56.3 Å². The molecule has 6 nitrogen and oxygen atoms in total. The molecule has 2 amide bonds. The van der Waals surface area contributed by atoms with E-state index < -0.39 is 0 Å². The molecule has 0 fully saturated rings. The number of benzene rings is 3. The molecular weight excluding hydrogens is 446 g/mol. The minimum Gasteiger partial charge on any atom is -0.460 e. The quantitative estimate of drug-likeness (QED) is 0.395. The van der Waals surface area contributed by atoms with Crippen molar-refractivity contribution in [3.8, 4) is 5.19 Å². The van der Waals surface area contributed by atoms with Crippen LogP contribution in [0.2, 0.25) is 0 Å². The van der Waals surface area contributed by atoms with Gasteiger partial charge in [-0.25, -0.2) is 4.98 Å². The van der Waals surface area contributed by atoms with Crippen LogP contribution in [0.15, 0.2) is 84.9 Å². The number of thiazole rings is 1. The summed E-state index contributed by atoms with van der Waals surface area (Å²) in [5.74, 6) is -0.298. The lowest BCUT2D eigenvalue weighted by Gasteiger charge is -2.16. The molecular formula is C24H22ClN3O3S. The molecule has 32 heavy (non-hydrogen) atoms. The van der Waals surface area contributed by atoms with Crippen molar-refractivity contribution in [3.05, 3.63) is 84.9 Å². The molecule has 8 heteroatoms. The molecule has 1 aromatic heterocycles. The Balaban J connectivity index is 0.000000222. The molecule has 0 spiro atoms. The number of carbonyl (C=O) groups is 2. The summed E-state index contributed by atoms with van der Waals surface area (Å²) in [7, 11) is 1.74. The number of aromatic nitrogens is 1. The number of nitrogens with one attached hydrogen (secondary N) is 1. The van der Waals surface area contributed by atoms with Gasteiger partial charge in [0.2, 0.25) is 5.91 Å². The summed E-state index contributed by atoms with van der Waals surface area (Å²) >= 11 is 6.73. The number of carbonyl (C=O) groups excluding carboxylic acids is 2. The minimum absolute atomic E-state index is 0.00507. The fourth-order valence-corrected chi connectivity index (χ4v) is 3.53. The highest BCUT2D eigenvalue weighted by Crippen LogP contribution is 2.27. The number of ether oxygens (including phenoxy) is 1. The molecule has 0 aliphatic heterocycles. The average Bonchev–Trinajstić information content (AvgIpc) is 3.26. The van der Waals surface area contributed by atoms with Crippen LogP contribution in [0.3, 0.4) is 0 Å². The Morgan fingerprint density at radius 3 is 2.25 bits per heavy atom. The Labute approximate surface area is 195 Å². The molecule has 0 saturated heterocycles. The first-order chi connectivity index (χ1) is 15.6. The summed E-state index contributed by atoms with van der Waals surface area (Å²) in [6.45, 7) is -0.0226. The summed E-state index contributed by atoms with van der Waals surface area (Å²) in [5.41, 5.74) is 2.51. The van der Waals surface area contributed by atoms with Crippen LogP contribution in [-0.4, -0.2) is 36.3 Å². The van der Waals surface area contributed by atoms with E-state index in [0.717, 1.165) is 21.6 Å². The number of hydrogen-bond acceptors (Lipinski definition) is 5. The number of alkyl halides is 1. The third-order valence-electron chi connectivity index (χ3n) is 4.29. The lowest BCUT2D eigenvalue weighted by atomic mass is 10.3. The summed E-state index contributed by atoms with van der Waals surface area (Å²) in [6.07, 6.45) is 0. The van der Waals surface area contributed by atoms with E-state index in [4.69, 9.17) is 16.3 Å². The number of nitrogens with zero attached hydrogens (tertiary/aromatic N) is 2. The number of amides is 2. The number of likely N-dealkylation sites (N-methyl/N-ethyl adjacent to an activating group) is 1. The number of halogens is 1. The molecule has 4 rings (SSSR count). The Morgan fingerprint density at radius 2 is 1.59 bits per heavy atom. The van der Waals surface area contributed by atoms with Crippen molar-refractivity contribution in [2.45, 2.75) is 0 Å². The van der Waals surface area contributed by atoms with Gasteiger partial charge in [-0.3, -0.25) is 9.59 Å². The summed E-state index contributed by atoms with van der Waals surface area (Å²) in [4.78, 5) is 28.8. The van der Waals surface area contributed by atoms with E-state index in [1.165, 1.54) is 11.3 Å². The van der Waals surface area contributed by atoms with Gasteiger partial charge < -0.3 is 15.0 Å². The van der Waals surface area contributed by atoms with Gasteiger partial charge in [0.1, 0.15) is 5.88 Å². The van der Waals surface area contributed by atoms with Gasteiger partial charge in [-0.15, -0.1) is 11.6 Å². The van der Waals surface area contributed by atoms with Crippen molar-refractivity contribution < 1.29 is 14.3 Å². The molecule has 0 saturated carbocycles. The number of fused-ring (bicyclic) bond motifs is 1. The van der Waals surface area contributed by atoms with Gasteiger partial charge in [0.05, 0.1) is 10.2 Å². The highest BCUT2D eigenvalue weighted by Gasteiger charge is 2.13. The average molecular weight is 468 g/mol. The van der Waals surface area contributed by atoms with Gasteiger partial charge >= 0.3 is 0 Å². The van der Waals surface area contributed by atoms with Crippen LogP contribution in [0.5, 0.6) is 5.19 Å². The molecule has 0 unspecified atom stereocenters. The van der Waals surface area contributed by atoms with E-state index in [0.29, 0.717) is 5.19 Å². The molecule has 0 bridgehead atoms. The summed E-state index contributed by atoms with van der Waals surface area (Å²) in [6, 6.07) is 26.5. The highest BCUT2D eigenvalue weighted by molar-refractivity contribution is 7.20. The molecule has 1 heterocycles. The third kappa shape index (κ3) is 6.80. The second-order valence-corrected chi connectivity index (χ2v) is 7.83. The molecule has 3 aromatic carbocycles. The van der Waals surface area contributed by atoms with Gasteiger partial charge in [0.25, 0.3) is 11.1 Å². The maximum Gasteiger partial charge on any atom is 0.274 e. The zero-order chi connectivity index (χ0) is 22.8.